The standard InChI is InChI=1S/C27H34N2O5/c1-3-4-13-24(26(31)32)29-25(30)16-18(2)14-15-28-27(33)34-17-23-21-11-7-5-9-19(21)20-10-6-8-12-22(20)23/h5-12,18,23-24H,3-4,13-17H2,1-2H3,(H,28,33)(H,29,30)(H,31,32). The second kappa shape index (κ2) is 12.2. The van der Waals surface area contributed by atoms with E-state index in [1.54, 1.807) is 0 Å². The zero-order valence-corrected chi connectivity index (χ0v) is 19.9. The van der Waals surface area contributed by atoms with Gasteiger partial charge in [0.25, 0.3) is 0 Å². The maximum absolute atomic E-state index is 12.3. The lowest BCUT2D eigenvalue weighted by molar-refractivity contribution is -0.142. The minimum absolute atomic E-state index is 0.00509. The number of benzene rings is 2. The molecule has 3 rings (SSSR count). The van der Waals surface area contributed by atoms with Crippen molar-refractivity contribution < 1.29 is 24.2 Å². The van der Waals surface area contributed by atoms with E-state index < -0.39 is 18.1 Å². The minimum Gasteiger partial charge on any atom is -0.480 e. The van der Waals surface area contributed by atoms with Gasteiger partial charge in [0.05, 0.1) is 0 Å². The molecule has 0 aromatic heterocycles. The summed E-state index contributed by atoms with van der Waals surface area (Å²) in [7, 11) is 0. The fourth-order valence-electron chi connectivity index (χ4n) is 4.41. The van der Waals surface area contributed by atoms with Crippen molar-refractivity contribution in [2.24, 2.45) is 5.92 Å². The molecule has 2 aromatic rings. The summed E-state index contributed by atoms with van der Waals surface area (Å²) in [6.07, 6.45) is 2.36. The van der Waals surface area contributed by atoms with E-state index in [0.29, 0.717) is 19.4 Å². The smallest absolute Gasteiger partial charge is 0.407 e. The van der Waals surface area contributed by atoms with Crippen LogP contribution in [0.1, 0.15) is 63.0 Å². The molecule has 7 nitrogen and oxygen atoms in total. The Labute approximate surface area is 200 Å². The van der Waals surface area contributed by atoms with Crippen LogP contribution in [0.5, 0.6) is 0 Å². The van der Waals surface area contributed by atoms with Crippen LogP contribution in [0.15, 0.2) is 48.5 Å². The van der Waals surface area contributed by atoms with Crippen LogP contribution in [-0.4, -0.2) is 42.3 Å². The third kappa shape index (κ3) is 6.59. The molecule has 1 aliphatic rings. The monoisotopic (exact) mass is 466 g/mol. The number of nitrogens with one attached hydrogen (secondary N) is 2. The number of hydrogen-bond acceptors (Lipinski definition) is 4. The van der Waals surface area contributed by atoms with Gasteiger partial charge in [-0.05, 0) is 41.0 Å². The third-order valence-electron chi connectivity index (χ3n) is 6.26. The van der Waals surface area contributed by atoms with Crippen LogP contribution in [0.4, 0.5) is 4.79 Å². The second-order valence-corrected chi connectivity index (χ2v) is 8.95. The first-order valence-electron chi connectivity index (χ1n) is 12.0. The zero-order valence-electron chi connectivity index (χ0n) is 19.9. The van der Waals surface area contributed by atoms with Gasteiger partial charge in [-0.1, -0.05) is 75.2 Å². The number of aliphatic carboxylic acids is 1. The van der Waals surface area contributed by atoms with Crippen molar-refractivity contribution in [2.45, 2.75) is 57.9 Å². The molecule has 3 N–H and O–H groups in total. The van der Waals surface area contributed by atoms with Crippen molar-refractivity contribution in [3.8, 4) is 11.1 Å². The molecule has 2 atom stereocenters. The number of carboxylic acid groups (broad SMARTS) is 1. The van der Waals surface area contributed by atoms with Crippen LogP contribution in [0, 0.1) is 5.92 Å². The van der Waals surface area contributed by atoms with Gasteiger partial charge in [-0.25, -0.2) is 9.59 Å². The highest BCUT2D eigenvalue weighted by atomic mass is 16.5. The van der Waals surface area contributed by atoms with Crippen LogP contribution in [-0.2, 0) is 14.3 Å². The molecule has 0 fully saturated rings. The molecule has 0 aliphatic heterocycles. The van der Waals surface area contributed by atoms with E-state index in [9.17, 15) is 19.5 Å². The van der Waals surface area contributed by atoms with E-state index in [1.165, 1.54) is 11.1 Å². The molecule has 7 heteroatoms. The number of ether oxygens (including phenoxy) is 1. The fraction of sp³-hybridized carbons (Fsp3) is 0.444. The molecule has 0 radical (unpaired) electrons. The van der Waals surface area contributed by atoms with E-state index >= 15 is 0 Å². The summed E-state index contributed by atoms with van der Waals surface area (Å²) in [5.41, 5.74) is 4.68. The summed E-state index contributed by atoms with van der Waals surface area (Å²) < 4.78 is 5.52. The van der Waals surface area contributed by atoms with Crippen LogP contribution in [0.25, 0.3) is 11.1 Å². The third-order valence-corrected chi connectivity index (χ3v) is 6.26. The van der Waals surface area contributed by atoms with Crippen molar-refractivity contribution in [2.75, 3.05) is 13.2 Å². The van der Waals surface area contributed by atoms with Gasteiger partial charge in [-0.15, -0.1) is 0 Å². The predicted octanol–water partition coefficient (Wildman–Crippen LogP) is 4.70. The van der Waals surface area contributed by atoms with Gasteiger partial charge in [0, 0.05) is 18.9 Å². The Morgan fingerprint density at radius 2 is 1.62 bits per heavy atom. The number of fused-ring (bicyclic) bond motifs is 3. The average molecular weight is 467 g/mol. The largest absolute Gasteiger partial charge is 0.480 e. The van der Waals surface area contributed by atoms with Crippen LogP contribution >= 0.6 is 0 Å². The maximum Gasteiger partial charge on any atom is 0.407 e. The van der Waals surface area contributed by atoms with Crippen molar-refractivity contribution in [3.63, 3.8) is 0 Å². The molecule has 0 saturated carbocycles. The molecule has 182 valence electrons. The number of carbonyl (C=O) groups excluding carboxylic acids is 2. The van der Waals surface area contributed by atoms with Crippen LogP contribution in [0.2, 0.25) is 0 Å². The van der Waals surface area contributed by atoms with E-state index in [-0.39, 0.29) is 30.8 Å². The maximum atomic E-state index is 12.3. The fourth-order valence-corrected chi connectivity index (χ4v) is 4.41. The lowest BCUT2D eigenvalue weighted by atomic mass is 9.98. The summed E-state index contributed by atoms with van der Waals surface area (Å²) in [6.45, 7) is 4.52. The Hall–Kier alpha value is -3.35. The second-order valence-electron chi connectivity index (χ2n) is 8.95. The Morgan fingerprint density at radius 1 is 1.00 bits per heavy atom. The molecular formula is C27H34N2O5. The van der Waals surface area contributed by atoms with E-state index in [0.717, 1.165) is 24.0 Å². The molecule has 1 aliphatic carbocycles. The lowest BCUT2D eigenvalue weighted by Crippen LogP contribution is -2.41. The molecule has 2 amide bonds. The number of amides is 2. The van der Waals surface area contributed by atoms with Crippen LogP contribution < -0.4 is 10.6 Å². The molecule has 0 bridgehead atoms. The van der Waals surface area contributed by atoms with Gasteiger partial charge in [-0.2, -0.15) is 0 Å². The number of unbranched alkanes of at least 4 members (excludes halogenated alkanes) is 1. The Morgan fingerprint density at radius 3 is 2.21 bits per heavy atom. The van der Waals surface area contributed by atoms with Crippen molar-refractivity contribution in [1.82, 2.24) is 10.6 Å². The highest BCUT2D eigenvalue weighted by Gasteiger charge is 2.29. The van der Waals surface area contributed by atoms with Crippen molar-refractivity contribution in [1.29, 1.82) is 0 Å². The van der Waals surface area contributed by atoms with Crippen LogP contribution in [0.3, 0.4) is 0 Å². The lowest BCUT2D eigenvalue weighted by Gasteiger charge is -2.17. The highest BCUT2D eigenvalue weighted by molar-refractivity contribution is 5.83. The molecule has 0 spiro atoms. The zero-order chi connectivity index (χ0) is 24.5. The van der Waals surface area contributed by atoms with Gasteiger partial charge in [0.15, 0.2) is 0 Å². The van der Waals surface area contributed by atoms with E-state index in [2.05, 4.69) is 34.9 Å². The van der Waals surface area contributed by atoms with Crippen molar-refractivity contribution >= 4 is 18.0 Å². The molecule has 0 heterocycles. The first-order valence-corrected chi connectivity index (χ1v) is 12.0. The molecule has 2 unspecified atom stereocenters. The predicted molar refractivity (Wildman–Crippen MR) is 131 cm³/mol. The Balaban J connectivity index is 1.40. The molecular weight excluding hydrogens is 432 g/mol. The molecule has 34 heavy (non-hydrogen) atoms. The molecule has 2 aromatic carbocycles. The van der Waals surface area contributed by atoms with Gasteiger partial charge in [0.2, 0.25) is 5.91 Å². The number of carbonyl (C=O) groups is 3. The topological polar surface area (TPSA) is 105 Å². The first kappa shape index (κ1) is 25.3. The summed E-state index contributed by atoms with van der Waals surface area (Å²) in [5, 5.41) is 14.6. The summed E-state index contributed by atoms with van der Waals surface area (Å²) >= 11 is 0. The molecule has 0 saturated heterocycles. The number of alkyl carbamates (subject to hydrolysis) is 1. The van der Waals surface area contributed by atoms with Crippen molar-refractivity contribution in [3.05, 3.63) is 59.7 Å². The van der Waals surface area contributed by atoms with E-state index in [4.69, 9.17) is 4.74 Å². The van der Waals surface area contributed by atoms with Gasteiger partial charge in [-0.3, -0.25) is 4.79 Å². The van der Waals surface area contributed by atoms with E-state index in [1.807, 2.05) is 38.1 Å². The average Bonchev–Trinajstić information content (AvgIpc) is 3.14. The number of rotatable bonds is 12. The normalized spacial score (nSPS) is 13.9. The Kier molecular flexibility index (Phi) is 9.08. The summed E-state index contributed by atoms with van der Waals surface area (Å²) in [6, 6.07) is 15.5. The first-order chi connectivity index (χ1) is 16.4. The minimum atomic E-state index is -1.01. The Bertz CT molecular complexity index is 961. The van der Waals surface area contributed by atoms with Gasteiger partial charge >= 0.3 is 12.1 Å². The summed E-state index contributed by atoms with van der Waals surface area (Å²) in [4.78, 5) is 35.8. The SMILES string of the molecule is CCCCC(NC(=O)CC(C)CCNC(=O)OCC1c2ccccc2-c2ccccc21)C(=O)O. The van der Waals surface area contributed by atoms with Gasteiger partial charge < -0.3 is 20.5 Å². The highest BCUT2D eigenvalue weighted by Crippen LogP contribution is 2.44. The number of carboxylic acids is 1. The quantitative estimate of drug-likeness (QED) is 0.421. The van der Waals surface area contributed by atoms with Gasteiger partial charge in [0.1, 0.15) is 12.6 Å². The number of hydrogen-bond donors (Lipinski definition) is 3. The summed E-state index contributed by atoms with van der Waals surface area (Å²) in [5.74, 6) is -1.28.